The summed E-state index contributed by atoms with van der Waals surface area (Å²) in [6, 6.07) is 1.82. The fraction of sp³-hybridized carbons (Fsp3) is 0.600. The van der Waals surface area contributed by atoms with Crippen molar-refractivity contribution in [3.05, 3.63) is 17.6 Å². The van der Waals surface area contributed by atoms with E-state index in [0.29, 0.717) is 30.3 Å². The van der Waals surface area contributed by atoms with Gasteiger partial charge in [-0.25, -0.2) is 0 Å². The van der Waals surface area contributed by atoms with Gasteiger partial charge in [0.15, 0.2) is 11.5 Å². The van der Waals surface area contributed by atoms with Crippen LogP contribution in [-0.2, 0) is 14.9 Å². The molecule has 0 aromatic carbocycles. The summed E-state index contributed by atoms with van der Waals surface area (Å²) in [6.07, 6.45) is 2.31. The van der Waals surface area contributed by atoms with Crippen molar-refractivity contribution in [1.29, 1.82) is 0 Å². The summed E-state index contributed by atoms with van der Waals surface area (Å²) in [5.41, 5.74) is 0.168. The fourth-order valence-electron chi connectivity index (χ4n) is 2.47. The molecule has 0 bridgehead atoms. The third-order valence-electron chi connectivity index (χ3n) is 3.78. The van der Waals surface area contributed by atoms with Crippen LogP contribution < -0.4 is 0 Å². The summed E-state index contributed by atoms with van der Waals surface area (Å²) >= 11 is 0. The maximum Gasteiger partial charge on any atom is 0.320 e. The van der Waals surface area contributed by atoms with Gasteiger partial charge < -0.3 is 9.26 Å². The number of H-pyrrole nitrogens is 1. The van der Waals surface area contributed by atoms with Crippen molar-refractivity contribution in [1.82, 2.24) is 20.3 Å². The van der Waals surface area contributed by atoms with Crippen molar-refractivity contribution in [3.8, 4) is 11.6 Å². The number of ether oxygens (including phenoxy) is 1. The van der Waals surface area contributed by atoms with E-state index in [1.807, 2.05) is 33.8 Å². The van der Waals surface area contributed by atoms with E-state index in [-0.39, 0.29) is 5.97 Å². The molecule has 1 N–H and O–H groups in total. The lowest BCUT2D eigenvalue weighted by molar-refractivity contribution is -0.166. The molecule has 0 amide bonds. The average molecular weight is 304 g/mol. The quantitative estimate of drug-likeness (QED) is 0.876. The van der Waals surface area contributed by atoms with E-state index in [4.69, 9.17) is 9.26 Å². The number of aromatic nitrogens is 4. The molecular formula is C15H20N4O3. The number of esters is 1. The van der Waals surface area contributed by atoms with Crippen molar-refractivity contribution in [2.45, 2.75) is 58.0 Å². The highest BCUT2D eigenvalue weighted by molar-refractivity contribution is 5.83. The molecule has 2 aromatic rings. The molecule has 1 fully saturated rings. The second-order valence-electron chi connectivity index (χ2n) is 6.80. The molecule has 2 heterocycles. The molecule has 1 saturated carbocycles. The van der Waals surface area contributed by atoms with Crippen LogP contribution in [0, 0.1) is 6.92 Å². The smallest absolute Gasteiger partial charge is 0.320 e. The number of carbonyl (C=O) groups excluding carboxylic acids is 1. The van der Waals surface area contributed by atoms with E-state index in [0.717, 1.165) is 12.1 Å². The van der Waals surface area contributed by atoms with Gasteiger partial charge in [0.1, 0.15) is 11.0 Å². The molecule has 0 aliphatic heterocycles. The van der Waals surface area contributed by atoms with Gasteiger partial charge >= 0.3 is 5.97 Å². The maximum atomic E-state index is 12.5. The van der Waals surface area contributed by atoms with Crippen LogP contribution in [0.2, 0.25) is 0 Å². The Balaban J connectivity index is 1.88. The average Bonchev–Trinajstić information content (AvgIpc) is 2.94. The number of hydrogen-bond donors (Lipinski definition) is 1. The minimum atomic E-state index is -0.777. The predicted molar refractivity (Wildman–Crippen MR) is 78.0 cm³/mol. The topological polar surface area (TPSA) is 93.9 Å². The standard InChI is InChI=1S/C15H20N4O3/c1-9-8-10(18-17-9)11-16-12(19-22-11)15(6-5-7-15)13(20)21-14(2,3)4/h8H,5-7H2,1-4H3,(H,17,18). The van der Waals surface area contributed by atoms with Crippen LogP contribution in [0.4, 0.5) is 0 Å². The fourth-order valence-corrected chi connectivity index (χ4v) is 2.47. The second kappa shape index (κ2) is 4.93. The highest BCUT2D eigenvalue weighted by atomic mass is 16.6. The van der Waals surface area contributed by atoms with Gasteiger partial charge in [0.2, 0.25) is 0 Å². The largest absolute Gasteiger partial charge is 0.459 e. The monoisotopic (exact) mass is 304 g/mol. The van der Waals surface area contributed by atoms with Crippen molar-refractivity contribution in [2.24, 2.45) is 0 Å². The number of aromatic amines is 1. The zero-order chi connectivity index (χ0) is 16.0. The summed E-state index contributed by atoms with van der Waals surface area (Å²) in [5, 5.41) is 10.9. The lowest BCUT2D eigenvalue weighted by Crippen LogP contribution is -2.47. The molecule has 2 aromatic heterocycles. The molecule has 0 atom stereocenters. The Morgan fingerprint density at radius 3 is 2.64 bits per heavy atom. The van der Waals surface area contributed by atoms with E-state index in [1.165, 1.54) is 0 Å². The number of rotatable bonds is 3. The van der Waals surface area contributed by atoms with Crippen molar-refractivity contribution in [3.63, 3.8) is 0 Å². The maximum absolute atomic E-state index is 12.5. The zero-order valence-corrected chi connectivity index (χ0v) is 13.3. The first-order chi connectivity index (χ1) is 10.3. The van der Waals surface area contributed by atoms with Gasteiger partial charge in [-0.3, -0.25) is 9.89 Å². The van der Waals surface area contributed by atoms with E-state index < -0.39 is 11.0 Å². The van der Waals surface area contributed by atoms with Crippen molar-refractivity contribution < 1.29 is 14.1 Å². The van der Waals surface area contributed by atoms with Crippen LogP contribution in [0.25, 0.3) is 11.6 Å². The minimum Gasteiger partial charge on any atom is -0.459 e. The van der Waals surface area contributed by atoms with E-state index in [1.54, 1.807) is 0 Å². The normalized spacial score (nSPS) is 17.1. The first-order valence-electron chi connectivity index (χ1n) is 7.40. The first-order valence-corrected chi connectivity index (χ1v) is 7.40. The Hall–Kier alpha value is -2.18. The molecular weight excluding hydrogens is 284 g/mol. The molecule has 1 aliphatic carbocycles. The summed E-state index contributed by atoms with van der Waals surface area (Å²) in [5.74, 6) is 0.426. The van der Waals surface area contributed by atoms with Crippen molar-refractivity contribution in [2.75, 3.05) is 0 Å². The van der Waals surface area contributed by atoms with Crippen LogP contribution in [0.15, 0.2) is 10.6 Å². The van der Waals surface area contributed by atoms with Crippen LogP contribution >= 0.6 is 0 Å². The molecule has 22 heavy (non-hydrogen) atoms. The van der Waals surface area contributed by atoms with Gasteiger partial charge in [-0.2, -0.15) is 10.1 Å². The number of aryl methyl sites for hydroxylation is 1. The lowest BCUT2D eigenvalue weighted by atomic mass is 9.68. The van der Waals surface area contributed by atoms with Crippen LogP contribution in [0.1, 0.15) is 51.6 Å². The van der Waals surface area contributed by atoms with Gasteiger partial charge in [-0.1, -0.05) is 11.6 Å². The second-order valence-corrected chi connectivity index (χ2v) is 6.80. The lowest BCUT2D eigenvalue weighted by Gasteiger charge is -2.38. The third kappa shape index (κ3) is 2.51. The Morgan fingerprint density at radius 1 is 1.41 bits per heavy atom. The molecule has 118 valence electrons. The summed E-state index contributed by atoms with van der Waals surface area (Å²) in [7, 11) is 0. The molecule has 7 nitrogen and oxygen atoms in total. The SMILES string of the molecule is Cc1cc(-c2nc(C3(C(=O)OC(C)(C)C)CCC3)no2)n[nH]1. The first kappa shape index (κ1) is 14.7. The van der Waals surface area contributed by atoms with Gasteiger partial charge in [-0.05, 0) is 46.6 Å². The van der Waals surface area contributed by atoms with Gasteiger partial charge in [-0.15, -0.1) is 0 Å². The Morgan fingerprint density at radius 2 is 2.14 bits per heavy atom. The summed E-state index contributed by atoms with van der Waals surface area (Å²) in [4.78, 5) is 16.9. The highest BCUT2D eigenvalue weighted by Crippen LogP contribution is 2.44. The number of carbonyl (C=O) groups is 1. The van der Waals surface area contributed by atoms with E-state index >= 15 is 0 Å². The Bertz CT molecular complexity index is 692. The number of nitrogens with zero attached hydrogens (tertiary/aromatic N) is 3. The van der Waals surface area contributed by atoms with Crippen molar-refractivity contribution >= 4 is 5.97 Å². The van der Waals surface area contributed by atoms with Gasteiger partial charge in [0.25, 0.3) is 5.89 Å². The Kier molecular flexibility index (Phi) is 3.30. The number of nitrogens with one attached hydrogen (secondary N) is 1. The Labute approximate surface area is 128 Å². The highest BCUT2D eigenvalue weighted by Gasteiger charge is 2.52. The molecule has 0 saturated heterocycles. The summed E-state index contributed by atoms with van der Waals surface area (Å²) < 4.78 is 10.8. The predicted octanol–water partition coefficient (Wildman–Crippen LogP) is 2.53. The van der Waals surface area contributed by atoms with Crippen LogP contribution in [0.5, 0.6) is 0 Å². The van der Waals surface area contributed by atoms with Crippen LogP contribution in [-0.4, -0.2) is 31.9 Å². The number of hydrogen-bond acceptors (Lipinski definition) is 6. The molecule has 7 heteroatoms. The molecule has 0 unspecified atom stereocenters. The zero-order valence-electron chi connectivity index (χ0n) is 13.3. The summed E-state index contributed by atoms with van der Waals surface area (Å²) in [6.45, 7) is 7.45. The van der Waals surface area contributed by atoms with Gasteiger partial charge in [0.05, 0.1) is 0 Å². The molecule has 0 spiro atoms. The van der Waals surface area contributed by atoms with E-state index in [2.05, 4.69) is 20.3 Å². The van der Waals surface area contributed by atoms with Gasteiger partial charge in [0, 0.05) is 5.69 Å². The van der Waals surface area contributed by atoms with Crippen LogP contribution in [0.3, 0.4) is 0 Å². The minimum absolute atomic E-state index is 0.281. The third-order valence-corrected chi connectivity index (χ3v) is 3.78. The molecule has 0 radical (unpaired) electrons. The molecule has 1 aliphatic rings. The van der Waals surface area contributed by atoms with E-state index in [9.17, 15) is 4.79 Å². The molecule has 3 rings (SSSR count).